The molecule has 0 aromatic carbocycles. The molecule has 0 unspecified atom stereocenters. The third-order valence-corrected chi connectivity index (χ3v) is 4.19. The van der Waals surface area contributed by atoms with Gasteiger partial charge in [0.25, 0.3) is 0 Å². The molecule has 8 nitrogen and oxygen atoms in total. The van der Waals surface area contributed by atoms with Crippen molar-refractivity contribution >= 4 is 17.9 Å². The highest BCUT2D eigenvalue weighted by molar-refractivity contribution is 5.89. The molecule has 3 amide bonds. The highest BCUT2D eigenvalue weighted by Crippen LogP contribution is 2.19. The first-order valence-electron chi connectivity index (χ1n) is 8.00. The van der Waals surface area contributed by atoms with Crippen LogP contribution in [0, 0.1) is 5.92 Å². The van der Waals surface area contributed by atoms with E-state index in [1.54, 1.807) is 16.0 Å². The maximum atomic E-state index is 12.2. The van der Waals surface area contributed by atoms with Crippen LogP contribution in [0.3, 0.4) is 0 Å². The number of carbonyl (C=O) groups is 3. The number of cyclic esters (lactones) is 1. The molecule has 8 heteroatoms. The molecule has 1 atom stereocenters. The lowest BCUT2D eigenvalue weighted by Crippen LogP contribution is -2.38. The van der Waals surface area contributed by atoms with Crippen molar-refractivity contribution in [2.45, 2.75) is 13.0 Å². The average Bonchev–Trinajstić information content (AvgIpc) is 3.15. The minimum absolute atomic E-state index is 0.0380. The molecular formula is C16H20N4O4. The van der Waals surface area contributed by atoms with Crippen LogP contribution in [0.4, 0.5) is 4.79 Å². The van der Waals surface area contributed by atoms with Gasteiger partial charge in [0, 0.05) is 32.3 Å². The fourth-order valence-corrected chi connectivity index (χ4v) is 2.88. The number of likely N-dealkylation sites (tertiary alicyclic amines) is 1. The molecule has 1 aromatic heterocycles. The van der Waals surface area contributed by atoms with Crippen LogP contribution in [0.1, 0.15) is 12.1 Å². The fourth-order valence-electron chi connectivity index (χ4n) is 2.88. The van der Waals surface area contributed by atoms with E-state index >= 15 is 0 Å². The summed E-state index contributed by atoms with van der Waals surface area (Å²) in [7, 11) is 0. The monoisotopic (exact) mass is 332 g/mol. The van der Waals surface area contributed by atoms with E-state index in [1.807, 2.05) is 18.2 Å². The normalized spacial score (nSPS) is 20.4. The third-order valence-electron chi connectivity index (χ3n) is 4.19. The van der Waals surface area contributed by atoms with Gasteiger partial charge < -0.3 is 19.9 Å². The molecule has 2 aliphatic heterocycles. The van der Waals surface area contributed by atoms with E-state index in [2.05, 4.69) is 10.3 Å². The fraction of sp³-hybridized carbons (Fsp3) is 0.500. The number of rotatable bonds is 6. The van der Waals surface area contributed by atoms with E-state index in [4.69, 9.17) is 4.74 Å². The topological polar surface area (TPSA) is 91.8 Å². The summed E-state index contributed by atoms with van der Waals surface area (Å²) in [4.78, 5) is 43.0. The van der Waals surface area contributed by atoms with Crippen molar-refractivity contribution in [3.05, 3.63) is 30.1 Å². The summed E-state index contributed by atoms with van der Waals surface area (Å²) in [5, 5.41) is 2.79. The Hall–Kier alpha value is -2.64. The second-order valence-corrected chi connectivity index (χ2v) is 5.89. The molecule has 1 aromatic rings. The Morgan fingerprint density at radius 3 is 2.92 bits per heavy atom. The van der Waals surface area contributed by atoms with Crippen LogP contribution in [-0.4, -0.2) is 65.5 Å². The molecular weight excluding hydrogens is 312 g/mol. The minimum Gasteiger partial charge on any atom is -0.448 e. The summed E-state index contributed by atoms with van der Waals surface area (Å²) in [5.74, 6) is -0.546. The van der Waals surface area contributed by atoms with Crippen LogP contribution in [-0.2, 0) is 20.9 Å². The summed E-state index contributed by atoms with van der Waals surface area (Å²) in [5.41, 5.74) is 0.805. The van der Waals surface area contributed by atoms with Gasteiger partial charge in [-0.1, -0.05) is 6.07 Å². The summed E-state index contributed by atoms with van der Waals surface area (Å²) in [6.07, 6.45) is 1.55. The van der Waals surface area contributed by atoms with Crippen molar-refractivity contribution < 1.29 is 19.1 Å². The van der Waals surface area contributed by atoms with Crippen molar-refractivity contribution in [1.29, 1.82) is 0 Å². The largest absolute Gasteiger partial charge is 0.448 e. The SMILES string of the molecule is O=C(NCCN1CCOC1=O)[C@@H]1CC(=O)N(Cc2ccccn2)C1. The molecule has 2 aliphatic rings. The van der Waals surface area contributed by atoms with Crippen molar-refractivity contribution in [2.24, 2.45) is 5.92 Å². The number of hydrogen-bond acceptors (Lipinski definition) is 5. The van der Waals surface area contributed by atoms with E-state index in [9.17, 15) is 14.4 Å². The van der Waals surface area contributed by atoms with Crippen LogP contribution in [0.5, 0.6) is 0 Å². The van der Waals surface area contributed by atoms with Crippen LogP contribution < -0.4 is 5.32 Å². The minimum atomic E-state index is -0.355. The van der Waals surface area contributed by atoms with Crippen molar-refractivity contribution in [1.82, 2.24) is 20.1 Å². The van der Waals surface area contributed by atoms with E-state index in [0.717, 1.165) is 5.69 Å². The molecule has 0 aliphatic carbocycles. The number of hydrogen-bond donors (Lipinski definition) is 1. The first kappa shape index (κ1) is 16.2. The molecule has 128 valence electrons. The Bertz CT molecular complexity index is 622. The summed E-state index contributed by atoms with van der Waals surface area (Å²) in [6.45, 7) is 2.54. The number of aromatic nitrogens is 1. The first-order valence-corrected chi connectivity index (χ1v) is 8.00. The maximum Gasteiger partial charge on any atom is 0.409 e. The molecule has 24 heavy (non-hydrogen) atoms. The standard InChI is InChI=1S/C16H20N4O4/c21-14-9-12(10-20(14)11-13-3-1-2-4-17-13)15(22)18-5-6-19-7-8-24-16(19)23/h1-4,12H,5-11H2,(H,18,22)/t12-/m1/s1. The molecule has 2 fully saturated rings. The van der Waals surface area contributed by atoms with Gasteiger partial charge >= 0.3 is 6.09 Å². The van der Waals surface area contributed by atoms with Gasteiger partial charge in [-0.2, -0.15) is 0 Å². The Labute approximate surface area is 139 Å². The van der Waals surface area contributed by atoms with Gasteiger partial charge in [-0.25, -0.2) is 4.79 Å². The number of pyridine rings is 1. The van der Waals surface area contributed by atoms with Gasteiger partial charge in [0.15, 0.2) is 0 Å². The van der Waals surface area contributed by atoms with Crippen molar-refractivity contribution in [3.63, 3.8) is 0 Å². The van der Waals surface area contributed by atoms with Crippen molar-refractivity contribution in [2.75, 3.05) is 32.8 Å². The molecule has 1 N–H and O–H groups in total. The number of carbonyl (C=O) groups excluding carboxylic acids is 3. The van der Waals surface area contributed by atoms with Gasteiger partial charge in [0.05, 0.1) is 24.7 Å². The Kier molecular flexibility index (Phi) is 4.93. The summed E-state index contributed by atoms with van der Waals surface area (Å²) >= 11 is 0. The zero-order valence-corrected chi connectivity index (χ0v) is 13.3. The maximum absolute atomic E-state index is 12.2. The van der Waals surface area contributed by atoms with E-state index in [-0.39, 0.29) is 30.2 Å². The second kappa shape index (κ2) is 7.29. The molecule has 0 bridgehead atoms. The lowest BCUT2D eigenvalue weighted by Gasteiger charge is -2.17. The zero-order valence-electron chi connectivity index (χ0n) is 13.3. The van der Waals surface area contributed by atoms with Gasteiger partial charge in [-0.15, -0.1) is 0 Å². The molecule has 0 saturated carbocycles. The number of amides is 3. The second-order valence-electron chi connectivity index (χ2n) is 5.89. The molecule has 2 saturated heterocycles. The predicted octanol–water partition coefficient (Wildman–Crippen LogP) is -0.00150. The van der Waals surface area contributed by atoms with Gasteiger partial charge in [0.1, 0.15) is 6.61 Å². The van der Waals surface area contributed by atoms with Crippen LogP contribution >= 0.6 is 0 Å². The summed E-state index contributed by atoms with van der Waals surface area (Å²) < 4.78 is 4.82. The summed E-state index contributed by atoms with van der Waals surface area (Å²) in [6, 6.07) is 5.55. The Morgan fingerprint density at radius 2 is 2.21 bits per heavy atom. The van der Waals surface area contributed by atoms with E-state index < -0.39 is 0 Å². The molecule has 0 spiro atoms. The van der Waals surface area contributed by atoms with Gasteiger partial charge in [-0.3, -0.25) is 14.6 Å². The van der Waals surface area contributed by atoms with Crippen LogP contribution in [0.25, 0.3) is 0 Å². The molecule has 3 heterocycles. The van der Waals surface area contributed by atoms with E-state index in [1.165, 1.54) is 0 Å². The number of ether oxygens (including phenoxy) is 1. The predicted molar refractivity (Wildman–Crippen MR) is 83.7 cm³/mol. The van der Waals surface area contributed by atoms with Crippen LogP contribution in [0.2, 0.25) is 0 Å². The highest BCUT2D eigenvalue weighted by atomic mass is 16.6. The molecule has 3 rings (SSSR count). The highest BCUT2D eigenvalue weighted by Gasteiger charge is 2.34. The van der Waals surface area contributed by atoms with Crippen molar-refractivity contribution in [3.8, 4) is 0 Å². The average molecular weight is 332 g/mol. The smallest absolute Gasteiger partial charge is 0.409 e. The molecule has 0 radical (unpaired) electrons. The lowest BCUT2D eigenvalue weighted by molar-refractivity contribution is -0.129. The van der Waals surface area contributed by atoms with Gasteiger partial charge in [0.2, 0.25) is 11.8 Å². The van der Waals surface area contributed by atoms with E-state index in [0.29, 0.717) is 39.3 Å². The van der Waals surface area contributed by atoms with Gasteiger partial charge in [-0.05, 0) is 12.1 Å². The zero-order chi connectivity index (χ0) is 16.9. The number of nitrogens with one attached hydrogen (secondary N) is 1. The number of nitrogens with zero attached hydrogens (tertiary/aromatic N) is 3. The lowest BCUT2D eigenvalue weighted by atomic mass is 10.1. The third kappa shape index (κ3) is 3.81. The Balaban J connectivity index is 1.44. The Morgan fingerprint density at radius 1 is 1.33 bits per heavy atom. The van der Waals surface area contributed by atoms with Crippen LogP contribution in [0.15, 0.2) is 24.4 Å². The quantitative estimate of drug-likeness (QED) is 0.792. The first-order chi connectivity index (χ1) is 11.6.